The van der Waals surface area contributed by atoms with Crippen molar-refractivity contribution >= 4 is 11.8 Å². The topological polar surface area (TPSA) is 89.9 Å². The Bertz CT molecular complexity index is 1510. The van der Waals surface area contributed by atoms with Crippen LogP contribution in [-0.4, -0.2) is 40.2 Å². The van der Waals surface area contributed by atoms with Gasteiger partial charge in [0.2, 0.25) is 5.43 Å². The number of halogens is 2. The van der Waals surface area contributed by atoms with Crippen molar-refractivity contribution in [2.24, 2.45) is 0 Å². The number of ether oxygens (including phenoxy) is 2. The highest BCUT2D eigenvalue weighted by atomic mass is 19.1. The van der Waals surface area contributed by atoms with Crippen molar-refractivity contribution in [1.29, 1.82) is 0 Å². The zero-order valence-corrected chi connectivity index (χ0v) is 20.6. The molecule has 3 aromatic rings. The van der Waals surface area contributed by atoms with Gasteiger partial charge in [-0.2, -0.15) is 0 Å². The molecule has 3 aliphatic rings. The Labute approximate surface area is 216 Å². The predicted molar refractivity (Wildman–Crippen MR) is 132 cm³/mol. The van der Waals surface area contributed by atoms with Crippen LogP contribution in [0.3, 0.4) is 0 Å². The second-order valence-electron chi connectivity index (χ2n) is 9.78. The first-order valence-corrected chi connectivity index (χ1v) is 12.5. The number of carbonyl (C=O) groups excluding carboxylic acids is 2. The third-order valence-electron chi connectivity index (χ3n) is 7.41. The SMILES string of the molecule is C[C@H]1COC2C3CCc4c(C(=O)NCc5ccc(F)cc5F)c(=O)c(OCc5ccccc5)c(n43)C(=O)N21. The maximum absolute atomic E-state index is 14.2. The number of carbonyl (C=O) groups is 2. The first-order chi connectivity index (χ1) is 18.3. The van der Waals surface area contributed by atoms with E-state index in [0.717, 1.165) is 17.7 Å². The third-order valence-corrected chi connectivity index (χ3v) is 7.41. The van der Waals surface area contributed by atoms with Gasteiger partial charge in [0.05, 0.1) is 18.7 Å². The molecule has 1 aromatic heterocycles. The molecular weight excluding hydrogens is 496 g/mol. The van der Waals surface area contributed by atoms with Crippen LogP contribution in [-0.2, 0) is 24.3 Å². The Hall–Kier alpha value is -4.05. The van der Waals surface area contributed by atoms with Gasteiger partial charge in [0.25, 0.3) is 11.8 Å². The van der Waals surface area contributed by atoms with Crippen LogP contribution in [0.1, 0.15) is 57.1 Å². The Balaban J connectivity index is 1.42. The van der Waals surface area contributed by atoms with Gasteiger partial charge in [-0.1, -0.05) is 36.4 Å². The highest BCUT2D eigenvalue weighted by molar-refractivity contribution is 6.01. The van der Waals surface area contributed by atoms with Crippen molar-refractivity contribution in [3.63, 3.8) is 0 Å². The largest absolute Gasteiger partial charge is 0.483 e. The smallest absolute Gasteiger partial charge is 0.276 e. The average molecular weight is 522 g/mol. The van der Waals surface area contributed by atoms with Gasteiger partial charge in [-0.15, -0.1) is 0 Å². The van der Waals surface area contributed by atoms with Gasteiger partial charge in [-0.3, -0.25) is 14.4 Å². The summed E-state index contributed by atoms with van der Waals surface area (Å²) >= 11 is 0. The number of hydrogen-bond donors (Lipinski definition) is 1. The Kier molecular flexibility index (Phi) is 5.98. The molecule has 0 radical (unpaired) electrons. The Morgan fingerprint density at radius 1 is 1.16 bits per heavy atom. The minimum Gasteiger partial charge on any atom is -0.483 e. The van der Waals surface area contributed by atoms with Crippen LogP contribution in [0, 0.1) is 11.6 Å². The second-order valence-corrected chi connectivity index (χ2v) is 9.78. The van der Waals surface area contributed by atoms with Crippen LogP contribution in [0.15, 0.2) is 53.3 Å². The molecule has 2 amide bonds. The van der Waals surface area contributed by atoms with E-state index in [0.29, 0.717) is 25.1 Å². The fourth-order valence-electron chi connectivity index (χ4n) is 5.62. The predicted octanol–water partition coefficient (Wildman–Crippen LogP) is 3.32. The van der Waals surface area contributed by atoms with Crippen LogP contribution in [0.2, 0.25) is 0 Å². The van der Waals surface area contributed by atoms with E-state index in [9.17, 15) is 23.2 Å². The molecule has 3 atom stereocenters. The number of rotatable bonds is 6. The van der Waals surface area contributed by atoms with E-state index in [2.05, 4.69) is 5.32 Å². The number of benzene rings is 2. The molecule has 4 heterocycles. The van der Waals surface area contributed by atoms with Gasteiger partial charge in [0.15, 0.2) is 17.7 Å². The highest BCUT2D eigenvalue weighted by Gasteiger charge is 2.51. The molecule has 0 saturated carbocycles. The summed E-state index contributed by atoms with van der Waals surface area (Å²) in [5.74, 6) is -2.82. The minimum atomic E-state index is -0.804. The van der Waals surface area contributed by atoms with Gasteiger partial charge in [0, 0.05) is 23.9 Å². The van der Waals surface area contributed by atoms with Crippen molar-refractivity contribution in [3.8, 4) is 5.75 Å². The normalized spacial score (nSPS) is 21.3. The Morgan fingerprint density at radius 3 is 2.71 bits per heavy atom. The lowest BCUT2D eigenvalue weighted by Crippen LogP contribution is -2.51. The van der Waals surface area contributed by atoms with E-state index in [-0.39, 0.29) is 53.7 Å². The van der Waals surface area contributed by atoms with E-state index in [1.54, 1.807) is 9.47 Å². The highest BCUT2D eigenvalue weighted by Crippen LogP contribution is 2.43. The standard InChI is InChI=1S/C28H25F2N3O5/c1-15-13-38-28-21-10-9-20-22(26(35)31-12-17-7-8-18(29)11-19(17)30)24(34)25(23(33(20)21)27(36)32(15)28)37-14-16-5-3-2-4-6-16/h2-8,11,15,21,28H,9-10,12-14H2,1H3,(H,31,35)/t15-,21?,28?/m0/s1. The molecule has 10 heteroatoms. The summed E-state index contributed by atoms with van der Waals surface area (Å²) in [6.07, 6.45) is 0.456. The van der Waals surface area contributed by atoms with Crippen LogP contribution in [0.5, 0.6) is 5.75 Å². The molecular formula is C28H25F2N3O5. The zero-order valence-electron chi connectivity index (χ0n) is 20.6. The number of amides is 2. The zero-order chi connectivity index (χ0) is 26.6. The van der Waals surface area contributed by atoms with E-state index in [4.69, 9.17) is 9.47 Å². The summed E-state index contributed by atoms with van der Waals surface area (Å²) in [4.78, 5) is 42.6. The number of hydrogen-bond acceptors (Lipinski definition) is 5. The molecule has 1 fully saturated rings. The van der Waals surface area contributed by atoms with Gasteiger partial charge >= 0.3 is 0 Å². The molecule has 8 nitrogen and oxygen atoms in total. The Morgan fingerprint density at radius 2 is 1.95 bits per heavy atom. The first kappa shape index (κ1) is 24.3. The van der Waals surface area contributed by atoms with Crippen molar-refractivity contribution < 1.29 is 27.8 Å². The number of fused-ring (bicyclic) bond motifs is 2. The summed E-state index contributed by atoms with van der Waals surface area (Å²) in [6, 6.07) is 11.8. The van der Waals surface area contributed by atoms with E-state index < -0.39 is 29.2 Å². The molecule has 38 heavy (non-hydrogen) atoms. The van der Waals surface area contributed by atoms with Crippen LogP contribution in [0.25, 0.3) is 0 Å². The lowest BCUT2D eigenvalue weighted by Gasteiger charge is -2.38. The molecule has 0 aliphatic carbocycles. The number of pyridine rings is 1. The van der Waals surface area contributed by atoms with Crippen LogP contribution in [0.4, 0.5) is 8.78 Å². The van der Waals surface area contributed by atoms with E-state index in [1.165, 1.54) is 6.07 Å². The third kappa shape index (κ3) is 3.87. The average Bonchev–Trinajstić information content (AvgIpc) is 3.50. The maximum Gasteiger partial charge on any atom is 0.276 e. The van der Waals surface area contributed by atoms with Crippen LogP contribution < -0.4 is 15.5 Å². The van der Waals surface area contributed by atoms with Gasteiger partial charge in [0.1, 0.15) is 23.8 Å². The summed E-state index contributed by atoms with van der Waals surface area (Å²) in [6.45, 7) is 2.04. The molecule has 0 bridgehead atoms. The molecule has 0 spiro atoms. The lowest BCUT2D eigenvalue weighted by molar-refractivity contribution is -0.0146. The molecule has 1 saturated heterocycles. The molecule has 196 valence electrons. The summed E-state index contributed by atoms with van der Waals surface area (Å²) in [5.41, 5.74) is 0.576. The molecule has 2 unspecified atom stereocenters. The molecule has 1 N–H and O–H groups in total. The molecule has 3 aliphatic heterocycles. The summed E-state index contributed by atoms with van der Waals surface area (Å²) in [7, 11) is 0. The maximum atomic E-state index is 14.2. The number of nitrogens with zero attached hydrogens (tertiary/aromatic N) is 2. The number of nitrogens with one attached hydrogen (secondary N) is 1. The molecule has 2 aromatic carbocycles. The minimum absolute atomic E-state index is 0.0255. The molecule has 6 rings (SSSR count). The van der Waals surface area contributed by atoms with E-state index in [1.807, 2.05) is 37.3 Å². The number of aromatic nitrogens is 1. The van der Waals surface area contributed by atoms with Crippen LogP contribution >= 0.6 is 0 Å². The van der Waals surface area contributed by atoms with E-state index >= 15 is 0 Å². The van der Waals surface area contributed by atoms with Gasteiger partial charge in [-0.25, -0.2) is 8.78 Å². The van der Waals surface area contributed by atoms with Crippen molar-refractivity contribution in [2.75, 3.05) is 6.61 Å². The summed E-state index contributed by atoms with van der Waals surface area (Å²) in [5, 5.41) is 2.59. The quantitative estimate of drug-likeness (QED) is 0.538. The summed E-state index contributed by atoms with van der Waals surface area (Å²) < 4.78 is 41.1. The van der Waals surface area contributed by atoms with Gasteiger partial charge in [-0.05, 0) is 31.4 Å². The fourth-order valence-corrected chi connectivity index (χ4v) is 5.62. The second kappa shape index (κ2) is 9.36. The van der Waals surface area contributed by atoms with Crippen molar-refractivity contribution in [1.82, 2.24) is 14.8 Å². The van der Waals surface area contributed by atoms with Crippen molar-refractivity contribution in [3.05, 3.63) is 98.5 Å². The first-order valence-electron chi connectivity index (χ1n) is 12.5. The fraction of sp³-hybridized carbons (Fsp3) is 0.321. The van der Waals surface area contributed by atoms with Crippen molar-refractivity contribution in [2.45, 2.75) is 51.2 Å². The van der Waals surface area contributed by atoms with Gasteiger partial charge < -0.3 is 24.3 Å². The lowest BCUT2D eigenvalue weighted by atomic mass is 10.1. The monoisotopic (exact) mass is 521 g/mol.